The van der Waals surface area contributed by atoms with Gasteiger partial charge in [0.2, 0.25) is 11.8 Å². The van der Waals surface area contributed by atoms with Crippen LogP contribution in [0.1, 0.15) is 86.5 Å². The molecule has 2 amide bonds. The van der Waals surface area contributed by atoms with E-state index in [0.29, 0.717) is 44.2 Å². The van der Waals surface area contributed by atoms with Crippen LogP contribution >= 0.6 is 0 Å². The third kappa shape index (κ3) is 6.73. The Balaban J connectivity index is 1.40. The maximum absolute atomic E-state index is 14.1. The zero-order valence-electron chi connectivity index (χ0n) is 25.0. The normalized spacial score (nSPS) is 34.1. The fourth-order valence-electron chi connectivity index (χ4n) is 6.96. The van der Waals surface area contributed by atoms with E-state index in [-0.39, 0.29) is 29.3 Å². The lowest BCUT2D eigenvalue weighted by molar-refractivity contribution is -0.323. The molecule has 4 heterocycles. The summed E-state index contributed by atoms with van der Waals surface area (Å²) in [6.45, 7) is 19.7. The molecular formula is C30H54N4O4. The topological polar surface area (TPSA) is 74.4 Å². The Morgan fingerprint density at radius 3 is 2.32 bits per heavy atom. The minimum absolute atomic E-state index is 0.00287. The monoisotopic (exact) mass is 534 g/mol. The van der Waals surface area contributed by atoms with Crippen molar-refractivity contribution in [2.45, 2.75) is 110 Å². The van der Waals surface area contributed by atoms with Crippen molar-refractivity contribution in [1.29, 1.82) is 0 Å². The summed E-state index contributed by atoms with van der Waals surface area (Å²) < 4.78 is 13.1. The molecule has 4 saturated heterocycles. The van der Waals surface area contributed by atoms with Gasteiger partial charge >= 0.3 is 0 Å². The number of rotatable bonds is 9. The fraction of sp³-hybridized carbons (Fsp3) is 0.933. The predicted molar refractivity (Wildman–Crippen MR) is 150 cm³/mol. The highest BCUT2D eigenvalue weighted by Gasteiger charge is 2.50. The number of nitrogens with zero attached hydrogens (tertiary/aromatic N) is 3. The van der Waals surface area contributed by atoms with Crippen LogP contribution in [0.3, 0.4) is 0 Å². The van der Waals surface area contributed by atoms with Crippen LogP contribution in [-0.2, 0) is 19.1 Å². The van der Waals surface area contributed by atoms with Crippen molar-refractivity contribution in [3.63, 3.8) is 0 Å². The Hall–Kier alpha value is -1.22. The van der Waals surface area contributed by atoms with Gasteiger partial charge in [-0.25, -0.2) is 0 Å². The number of piperidine rings is 1. The Kier molecular flexibility index (Phi) is 9.81. The highest BCUT2D eigenvalue weighted by atomic mass is 16.7. The van der Waals surface area contributed by atoms with Gasteiger partial charge in [0.15, 0.2) is 5.79 Å². The lowest BCUT2D eigenvalue weighted by Gasteiger charge is -2.52. The van der Waals surface area contributed by atoms with Crippen LogP contribution in [0, 0.1) is 17.3 Å². The molecule has 4 aliphatic rings. The standard InChI is InChI=1S/C30H54N4O4/c1-7-29(19-32-12-8-9-13-32)20-37-30(38-21-29)10-14-33(24(6)18-30)28(36)26(17-23(4)5)34-15-11-31-25(27(34)35)16-22(2)3/h22-26,31H,7-21H2,1-6H3/t24-,25-,26-,29?,30?/m0/s1. The molecule has 0 saturated carbocycles. The molecule has 4 aliphatic heterocycles. The zero-order chi connectivity index (χ0) is 27.5. The summed E-state index contributed by atoms with van der Waals surface area (Å²) in [5, 5.41) is 3.39. The van der Waals surface area contributed by atoms with Crippen LogP contribution in [0.4, 0.5) is 0 Å². The largest absolute Gasteiger partial charge is 0.349 e. The highest BCUT2D eigenvalue weighted by molar-refractivity contribution is 5.90. The molecule has 0 aromatic carbocycles. The molecule has 4 fully saturated rings. The number of piperazine rings is 1. The maximum atomic E-state index is 14.1. The summed E-state index contributed by atoms with van der Waals surface area (Å²) in [5.41, 5.74) is 0.0589. The first-order chi connectivity index (χ1) is 18.1. The third-order valence-electron chi connectivity index (χ3n) is 9.33. The van der Waals surface area contributed by atoms with E-state index >= 15 is 0 Å². The minimum Gasteiger partial charge on any atom is -0.349 e. The van der Waals surface area contributed by atoms with Gasteiger partial charge in [-0.2, -0.15) is 0 Å². The van der Waals surface area contributed by atoms with Crippen LogP contribution in [0.15, 0.2) is 0 Å². The summed E-state index contributed by atoms with van der Waals surface area (Å²) in [5.74, 6) is 0.321. The number of nitrogens with one attached hydrogen (secondary N) is 1. The number of ether oxygens (including phenoxy) is 2. The lowest BCUT2D eigenvalue weighted by Crippen LogP contribution is -2.64. The fourth-order valence-corrected chi connectivity index (χ4v) is 6.96. The summed E-state index contributed by atoms with van der Waals surface area (Å²) in [4.78, 5) is 34.0. The summed E-state index contributed by atoms with van der Waals surface area (Å²) in [7, 11) is 0. The van der Waals surface area contributed by atoms with Gasteiger partial charge in [-0.15, -0.1) is 0 Å². The quantitative estimate of drug-likeness (QED) is 0.488. The number of hydrogen-bond acceptors (Lipinski definition) is 6. The molecule has 0 aromatic rings. The van der Waals surface area contributed by atoms with Crippen LogP contribution in [0.2, 0.25) is 0 Å². The molecule has 218 valence electrons. The number of hydrogen-bond donors (Lipinski definition) is 1. The van der Waals surface area contributed by atoms with Crippen molar-refractivity contribution >= 4 is 11.8 Å². The van der Waals surface area contributed by atoms with Crippen molar-refractivity contribution < 1.29 is 19.1 Å². The molecule has 8 nitrogen and oxygen atoms in total. The highest BCUT2D eigenvalue weighted by Crippen LogP contribution is 2.41. The summed E-state index contributed by atoms with van der Waals surface area (Å²) >= 11 is 0. The second-order valence-electron chi connectivity index (χ2n) is 13.5. The van der Waals surface area contributed by atoms with E-state index in [2.05, 4.69) is 51.8 Å². The van der Waals surface area contributed by atoms with E-state index in [0.717, 1.165) is 39.1 Å². The molecule has 4 rings (SSSR count). The molecule has 0 aromatic heterocycles. The van der Waals surface area contributed by atoms with Crippen LogP contribution in [0.5, 0.6) is 0 Å². The first kappa shape index (κ1) is 29.8. The van der Waals surface area contributed by atoms with E-state index in [1.54, 1.807) is 0 Å². The van der Waals surface area contributed by atoms with Gasteiger partial charge < -0.3 is 29.5 Å². The lowest BCUT2D eigenvalue weighted by atomic mass is 9.84. The van der Waals surface area contributed by atoms with Gasteiger partial charge in [-0.1, -0.05) is 34.6 Å². The van der Waals surface area contributed by atoms with Crippen molar-refractivity contribution in [3.8, 4) is 0 Å². The van der Waals surface area contributed by atoms with E-state index in [1.165, 1.54) is 25.9 Å². The summed E-state index contributed by atoms with van der Waals surface area (Å²) in [6.07, 6.45) is 6.49. The third-order valence-corrected chi connectivity index (χ3v) is 9.33. The molecule has 0 radical (unpaired) electrons. The Bertz CT molecular complexity index is 804. The number of likely N-dealkylation sites (tertiary alicyclic amines) is 2. The average Bonchev–Trinajstić information content (AvgIpc) is 3.38. The number of amides is 2. The van der Waals surface area contributed by atoms with Gasteiger partial charge in [0.05, 0.1) is 19.3 Å². The van der Waals surface area contributed by atoms with Gasteiger partial charge in [0.1, 0.15) is 6.04 Å². The second-order valence-corrected chi connectivity index (χ2v) is 13.5. The smallest absolute Gasteiger partial charge is 0.245 e. The van der Waals surface area contributed by atoms with Gasteiger partial charge in [-0.05, 0) is 64.0 Å². The number of carbonyl (C=O) groups excluding carboxylic acids is 2. The SMILES string of the molecule is CCC1(CN2CCCC2)COC2(CCN(C(=O)[C@H](CC(C)C)N3CCN[C@@H](CC(C)C)C3=O)[C@@H](C)C2)OC1. The zero-order valence-corrected chi connectivity index (χ0v) is 25.0. The Morgan fingerprint density at radius 1 is 1.05 bits per heavy atom. The number of carbonyl (C=O) groups is 2. The van der Waals surface area contributed by atoms with Crippen LogP contribution in [0.25, 0.3) is 0 Å². The second kappa shape index (κ2) is 12.5. The van der Waals surface area contributed by atoms with E-state index in [1.807, 2.05) is 9.80 Å². The van der Waals surface area contributed by atoms with Crippen LogP contribution in [-0.4, -0.2) is 103 Å². The van der Waals surface area contributed by atoms with Crippen molar-refractivity contribution in [3.05, 3.63) is 0 Å². The van der Waals surface area contributed by atoms with Gasteiger partial charge in [0, 0.05) is 50.5 Å². The molecular weight excluding hydrogens is 480 g/mol. The first-order valence-corrected chi connectivity index (χ1v) is 15.4. The maximum Gasteiger partial charge on any atom is 0.245 e. The average molecular weight is 535 g/mol. The van der Waals surface area contributed by atoms with E-state index < -0.39 is 11.8 Å². The van der Waals surface area contributed by atoms with Gasteiger partial charge in [0.25, 0.3) is 0 Å². The molecule has 0 aliphatic carbocycles. The molecule has 0 bridgehead atoms. The Labute approximate surface area is 231 Å². The molecule has 1 N–H and O–H groups in total. The molecule has 1 spiro atoms. The van der Waals surface area contributed by atoms with Crippen molar-refractivity contribution in [2.24, 2.45) is 17.3 Å². The van der Waals surface area contributed by atoms with Crippen molar-refractivity contribution in [1.82, 2.24) is 20.0 Å². The molecule has 38 heavy (non-hydrogen) atoms. The minimum atomic E-state index is -0.597. The van der Waals surface area contributed by atoms with Crippen molar-refractivity contribution in [2.75, 3.05) is 52.5 Å². The van der Waals surface area contributed by atoms with E-state index in [9.17, 15) is 9.59 Å². The Morgan fingerprint density at radius 2 is 1.74 bits per heavy atom. The molecule has 3 atom stereocenters. The van der Waals surface area contributed by atoms with E-state index in [4.69, 9.17) is 9.47 Å². The molecule has 0 unspecified atom stereocenters. The van der Waals surface area contributed by atoms with Crippen LogP contribution < -0.4 is 5.32 Å². The van der Waals surface area contributed by atoms with Gasteiger partial charge in [-0.3, -0.25) is 9.59 Å². The summed E-state index contributed by atoms with van der Waals surface area (Å²) in [6, 6.07) is -0.600. The first-order valence-electron chi connectivity index (χ1n) is 15.4. The molecule has 8 heteroatoms. The predicted octanol–water partition coefficient (Wildman–Crippen LogP) is 3.49.